The summed E-state index contributed by atoms with van der Waals surface area (Å²) >= 11 is 0. The van der Waals surface area contributed by atoms with Crippen LogP contribution in [0.15, 0.2) is 43.0 Å². The summed E-state index contributed by atoms with van der Waals surface area (Å²) in [6.07, 6.45) is 4.76. The smallest absolute Gasteiger partial charge is 0.226 e. The van der Waals surface area contributed by atoms with E-state index in [0.29, 0.717) is 0 Å². The van der Waals surface area contributed by atoms with Crippen LogP contribution in [0.3, 0.4) is 0 Å². The molecule has 4 heteroatoms. The lowest BCUT2D eigenvalue weighted by molar-refractivity contribution is -0.664. The highest BCUT2D eigenvalue weighted by molar-refractivity contribution is 5.75. The Balaban J connectivity index is 1.56. The fraction of sp³-hybridized carbons (Fsp3) is 0.366. The third-order valence-corrected chi connectivity index (χ3v) is 11.5. The van der Waals surface area contributed by atoms with Gasteiger partial charge in [-0.2, -0.15) is 0 Å². The number of imidazole rings is 2. The number of nitrogens with zero attached hydrogens (tertiary/aromatic N) is 4. The Morgan fingerprint density at radius 2 is 0.756 bits per heavy atom. The number of aryl methyl sites for hydroxylation is 6. The summed E-state index contributed by atoms with van der Waals surface area (Å²) in [5, 5.41) is 0. The molecular weight excluding hydrogens is 548 g/mol. The minimum Gasteiger partial charge on any atom is -0.226 e. The lowest BCUT2D eigenvalue weighted by Crippen LogP contribution is -2.36. The zero-order valence-electron chi connectivity index (χ0n) is 29.2. The predicted molar refractivity (Wildman–Crippen MR) is 186 cm³/mol. The largest absolute Gasteiger partial charge is 0.245 e. The topological polar surface area (TPSA) is 17.6 Å². The van der Waals surface area contributed by atoms with Crippen molar-refractivity contribution in [2.75, 3.05) is 0 Å². The molecule has 2 aliphatic rings. The molecule has 0 aliphatic carbocycles. The van der Waals surface area contributed by atoms with Gasteiger partial charge in [0.15, 0.2) is 22.1 Å². The third-order valence-electron chi connectivity index (χ3n) is 11.5. The van der Waals surface area contributed by atoms with Gasteiger partial charge in [0.2, 0.25) is 12.7 Å². The van der Waals surface area contributed by atoms with E-state index in [9.17, 15) is 0 Å². The van der Waals surface area contributed by atoms with Crippen molar-refractivity contribution in [1.82, 2.24) is 9.13 Å². The van der Waals surface area contributed by atoms with Gasteiger partial charge in [0.1, 0.15) is 26.2 Å². The van der Waals surface area contributed by atoms with E-state index in [2.05, 4.69) is 137 Å². The maximum Gasteiger partial charge on any atom is 0.245 e. The Morgan fingerprint density at radius 1 is 0.400 bits per heavy atom. The number of rotatable bonds is 0. The van der Waals surface area contributed by atoms with Crippen molar-refractivity contribution in [2.45, 2.75) is 102 Å². The summed E-state index contributed by atoms with van der Waals surface area (Å²) in [6.45, 7) is 28.7. The molecule has 4 aromatic carbocycles. The minimum atomic E-state index is 0.858. The van der Waals surface area contributed by atoms with Gasteiger partial charge in [-0.25, -0.2) is 18.3 Å². The molecule has 0 fully saturated rings. The molecule has 4 heterocycles. The average Bonchev–Trinajstić information content (AvgIpc) is 3.48. The molecule has 0 saturated carbocycles. The first kappa shape index (κ1) is 29.5. The summed E-state index contributed by atoms with van der Waals surface area (Å²) in [7, 11) is 0. The quantitative estimate of drug-likeness (QED) is 0.158. The predicted octanol–water partition coefficient (Wildman–Crippen LogP) is 8.07. The SMILES string of the molecule is Cc1cc2c(cc1C)[n+]1cn2Cc2c(C)cc(C)c(c2C)Cn2c[n+](c3cc(C)c(C)cc32)Cc2c(C)c(C)c(c(C)c2C)C1. The van der Waals surface area contributed by atoms with Gasteiger partial charge in [0.25, 0.3) is 0 Å². The first-order valence-electron chi connectivity index (χ1n) is 16.5. The first-order chi connectivity index (χ1) is 21.3. The van der Waals surface area contributed by atoms with Crippen LogP contribution in [0.2, 0.25) is 0 Å². The van der Waals surface area contributed by atoms with Crippen LogP contribution in [-0.4, -0.2) is 9.13 Å². The van der Waals surface area contributed by atoms with Crippen molar-refractivity contribution < 1.29 is 9.13 Å². The second-order valence-corrected chi connectivity index (χ2v) is 14.1. The molecule has 230 valence electrons. The lowest BCUT2D eigenvalue weighted by atomic mass is 9.88. The van der Waals surface area contributed by atoms with Crippen molar-refractivity contribution in [1.29, 1.82) is 0 Å². The van der Waals surface area contributed by atoms with Crippen LogP contribution in [-0.2, 0) is 26.2 Å². The van der Waals surface area contributed by atoms with Crippen molar-refractivity contribution in [3.8, 4) is 0 Å². The van der Waals surface area contributed by atoms with Crippen LogP contribution >= 0.6 is 0 Å². The molecule has 0 spiro atoms. The van der Waals surface area contributed by atoms with E-state index in [1.165, 1.54) is 106 Å². The van der Waals surface area contributed by atoms with Gasteiger partial charge in [0, 0.05) is 0 Å². The fourth-order valence-corrected chi connectivity index (χ4v) is 7.96. The summed E-state index contributed by atoms with van der Waals surface area (Å²) in [4.78, 5) is 0. The molecule has 2 aliphatic heterocycles. The summed E-state index contributed by atoms with van der Waals surface area (Å²) < 4.78 is 10.00. The standard InChI is InChI=1S/C41H48N4/c1-23-13-38-40(15-25(23)3)44-19-36-29(7)31(9)37(32(10)30(36)8)20-45-22-43(39-14-24(2)26(4)16-41(39)45)18-35-28(6)12-27(5)34(33(35)11)17-42(38)21-44/h12-16,21-22H,17-20H2,1-11H3/q+2. The second-order valence-electron chi connectivity index (χ2n) is 14.1. The Labute approximate surface area is 268 Å². The molecule has 45 heavy (non-hydrogen) atoms. The Morgan fingerprint density at radius 3 is 1.13 bits per heavy atom. The molecule has 0 atom stereocenters. The number of hydrogen-bond acceptors (Lipinski definition) is 0. The van der Waals surface area contributed by atoms with E-state index in [0.717, 1.165) is 26.2 Å². The van der Waals surface area contributed by atoms with Crippen molar-refractivity contribution in [3.63, 3.8) is 0 Å². The van der Waals surface area contributed by atoms with Crippen LogP contribution < -0.4 is 9.13 Å². The molecule has 6 aromatic rings. The van der Waals surface area contributed by atoms with E-state index < -0.39 is 0 Å². The second kappa shape index (κ2) is 10.4. The van der Waals surface area contributed by atoms with Crippen molar-refractivity contribution >= 4 is 22.1 Å². The number of benzene rings is 4. The maximum absolute atomic E-state index is 2.50. The molecule has 0 N–H and O–H groups in total. The van der Waals surface area contributed by atoms with E-state index in [-0.39, 0.29) is 0 Å². The highest BCUT2D eigenvalue weighted by Gasteiger charge is 2.26. The number of hydrogen-bond donors (Lipinski definition) is 0. The van der Waals surface area contributed by atoms with Crippen LogP contribution in [0.5, 0.6) is 0 Å². The number of fused-ring (bicyclic) bond motifs is 4. The highest BCUT2D eigenvalue weighted by atomic mass is 15.1. The molecule has 0 unspecified atom stereocenters. The minimum absolute atomic E-state index is 0.858. The van der Waals surface area contributed by atoms with Crippen molar-refractivity contribution in [3.05, 3.63) is 126 Å². The summed E-state index contributed by atoms with van der Waals surface area (Å²) in [5.74, 6) is 0. The highest BCUT2D eigenvalue weighted by Crippen LogP contribution is 2.31. The molecule has 0 amide bonds. The van der Waals surface area contributed by atoms with Gasteiger partial charge in [-0.1, -0.05) is 6.07 Å². The van der Waals surface area contributed by atoms with Gasteiger partial charge in [0.05, 0.1) is 0 Å². The van der Waals surface area contributed by atoms with Gasteiger partial charge in [-0.05, 0) is 184 Å². The van der Waals surface area contributed by atoms with Crippen LogP contribution in [0.25, 0.3) is 22.1 Å². The van der Waals surface area contributed by atoms with Crippen molar-refractivity contribution in [2.24, 2.45) is 0 Å². The Bertz CT molecular complexity index is 2040. The zero-order valence-corrected chi connectivity index (χ0v) is 29.2. The Kier molecular flexibility index (Phi) is 6.85. The van der Waals surface area contributed by atoms with Crippen LogP contribution in [0.4, 0.5) is 0 Å². The van der Waals surface area contributed by atoms with Gasteiger partial charge in [-0.15, -0.1) is 0 Å². The van der Waals surface area contributed by atoms with Crippen LogP contribution in [0, 0.1) is 76.2 Å². The monoisotopic (exact) mass is 596 g/mol. The van der Waals surface area contributed by atoms with E-state index in [4.69, 9.17) is 0 Å². The lowest BCUT2D eigenvalue weighted by Gasteiger charge is -2.19. The summed E-state index contributed by atoms with van der Waals surface area (Å²) in [5.41, 5.74) is 26.2. The number of aromatic nitrogens is 4. The molecule has 8 bridgehead atoms. The maximum atomic E-state index is 2.50. The average molecular weight is 597 g/mol. The molecule has 2 aromatic heterocycles. The molecule has 4 nitrogen and oxygen atoms in total. The van der Waals surface area contributed by atoms with Gasteiger partial charge >= 0.3 is 0 Å². The van der Waals surface area contributed by atoms with E-state index >= 15 is 0 Å². The molecule has 0 saturated heterocycles. The molecule has 0 radical (unpaired) electrons. The first-order valence-corrected chi connectivity index (χ1v) is 16.5. The third kappa shape index (κ3) is 4.56. The Hall–Kier alpha value is -4.18. The van der Waals surface area contributed by atoms with Gasteiger partial charge < -0.3 is 0 Å². The van der Waals surface area contributed by atoms with Gasteiger partial charge in [-0.3, -0.25) is 0 Å². The zero-order chi connectivity index (χ0) is 32.1. The van der Waals surface area contributed by atoms with Crippen LogP contribution in [0.1, 0.15) is 83.5 Å². The van der Waals surface area contributed by atoms with E-state index in [1.54, 1.807) is 0 Å². The van der Waals surface area contributed by atoms with E-state index in [1.807, 2.05) is 0 Å². The summed E-state index contributed by atoms with van der Waals surface area (Å²) in [6, 6.07) is 12.0. The fourth-order valence-electron chi connectivity index (χ4n) is 7.96. The molecule has 8 rings (SSSR count). The normalized spacial score (nSPS) is 13.3. The molecular formula is C41H48N4+2.